The normalized spacial score (nSPS) is 12.8. The zero-order chi connectivity index (χ0) is 12.4. The molecule has 96 valence electrons. The van der Waals surface area contributed by atoms with Gasteiger partial charge in [-0.3, -0.25) is 4.79 Å². The lowest BCUT2D eigenvalue weighted by molar-refractivity contribution is -0.145. The van der Waals surface area contributed by atoms with Crippen LogP contribution in [-0.2, 0) is 19.0 Å². The Morgan fingerprint density at radius 3 is 2.25 bits per heavy atom. The third kappa shape index (κ3) is 6.76. The van der Waals surface area contributed by atoms with Crippen LogP contribution in [0.4, 0.5) is 0 Å². The van der Waals surface area contributed by atoms with Crippen LogP contribution in [0.15, 0.2) is 0 Å². The van der Waals surface area contributed by atoms with Gasteiger partial charge in [0.1, 0.15) is 6.04 Å². The Morgan fingerprint density at radius 1 is 1.25 bits per heavy atom. The summed E-state index contributed by atoms with van der Waals surface area (Å²) in [6.07, 6.45) is 0.510. The van der Waals surface area contributed by atoms with E-state index in [1.165, 1.54) is 7.11 Å². The van der Waals surface area contributed by atoms with Crippen molar-refractivity contribution >= 4 is 5.97 Å². The molecule has 0 spiro atoms. The van der Waals surface area contributed by atoms with Crippen molar-refractivity contribution in [2.75, 3.05) is 26.9 Å². The molecule has 0 heterocycles. The van der Waals surface area contributed by atoms with Crippen molar-refractivity contribution in [2.45, 2.75) is 39.5 Å². The second-order valence-corrected chi connectivity index (χ2v) is 3.33. The molecule has 0 aliphatic carbocycles. The van der Waals surface area contributed by atoms with E-state index < -0.39 is 0 Å². The molecule has 0 saturated carbocycles. The molecule has 1 atom stereocenters. The minimum atomic E-state index is -0.297. The number of nitrogens with one attached hydrogen (secondary N) is 1. The Kier molecular flexibility index (Phi) is 9.18. The molecule has 0 saturated heterocycles. The fourth-order valence-electron chi connectivity index (χ4n) is 1.26. The molecule has 1 N–H and O–H groups in total. The lowest BCUT2D eigenvalue weighted by Crippen LogP contribution is -2.37. The van der Waals surface area contributed by atoms with Crippen molar-refractivity contribution in [3.05, 3.63) is 0 Å². The van der Waals surface area contributed by atoms with Gasteiger partial charge >= 0.3 is 5.97 Å². The minimum Gasteiger partial charge on any atom is -0.468 e. The topological polar surface area (TPSA) is 56.8 Å². The van der Waals surface area contributed by atoms with Gasteiger partial charge in [-0.15, -0.1) is 0 Å². The molecule has 0 aliphatic rings. The van der Waals surface area contributed by atoms with Crippen molar-refractivity contribution in [3.63, 3.8) is 0 Å². The highest BCUT2D eigenvalue weighted by Crippen LogP contribution is 2.00. The molecule has 5 nitrogen and oxygen atoms in total. The van der Waals surface area contributed by atoms with Crippen molar-refractivity contribution in [2.24, 2.45) is 0 Å². The standard InChI is InChI=1S/C11H23NO4/c1-5-15-10(16-6-2)7-8-12-9(3)11(13)14-4/h9-10,12H,5-8H2,1-4H3. The fourth-order valence-corrected chi connectivity index (χ4v) is 1.26. The maximum Gasteiger partial charge on any atom is 0.322 e. The largest absolute Gasteiger partial charge is 0.468 e. The molecule has 0 amide bonds. The Balaban J connectivity index is 3.71. The van der Waals surface area contributed by atoms with Crippen LogP contribution >= 0.6 is 0 Å². The summed E-state index contributed by atoms with van der Waals surface area (Å²) in [4.78, 5) is 11.1. The third-order valence-electron chi connectivity index (χ3n) is 2.09. The molecule has 0 fully saturated rings. The molecule has 0 aromatic rings. The van der Waals surface area contributed by atoms with Crippen LogP contribution in [-0.4, -0.2) is 45.2 Å². The van der Waals surface area contributed by atoms with E-state index >= 15 is 0 Å². The first kappa shape index (κ1) is 15.3. The summed E-state index contributed by atoms with van der Waals surface area (Å²) < 4.78 is 15.3. The van der Waals surface area contributed by atoms with Crippen molar-refractivity contribution in [1.82, 2.24) is 5.32 Å². The van der Waals surface area contributed by atoms with Crippen LogP contribution in [0.3, 0.4) is 0 Å². The molecule has 0 aromatic carbocycles. The number of carbonyl (C=O) groups is 1. The maximum absolute atomic E-state index is 11.1. The summed E-state index contributed by atoms with van der Waals surface area (Å²) in [6, 6.07) is -0.297. The van der Waals surface area contributed by atoms with E-state index in [0.29, 0.717) is 26.2 Å². The Morgan fingerprint density at radius 2 is 1.81 bits per heavy atom. The molecule has 0 rings (SSSR count). The fraction of sp³-hybridized carbons (Fsp3) is 0.909. The average Bonchev–Trinajstić information content (AvgIpc) is 2.28. The Hall–Kier alpha value is -0.650. The van der Waals surface area contributed by atoms with Crippen LogP contribution in [0.25, 0.3) is 0 Å². The maximum atomic E-state index is 11.1. The van der Waals surface area contributed by atoms with Gasteiger partial charge in [0.2, 0.25) is 0 Å². The molecule has 0 aromatic heterocycles. The summed E-state index contributed by atoms with van der Waals surface area (Å²) in [6.45, 7) is 7.52. The van der Waals surface area contributed by atoms with E-state index in [9.17, 15) is 4.79 Å². The van der Waals surface area contributed by atoms with E-state index in [1.54, 1.807) is 6.92 Å². The van der Waals surface area contributed by atoms with Crippen molar-refractivity contribution in [3.8, 4) is 0 Å². The second kappa shape index (κ2) is 9.57. The van der Waals surface area contributed by atoms with Gasteiger partial charge in [0.05, 0.1) is 7.11 Å². The molecular weight excluding hydrogens is 210 g/mol. The first-order valence-electron chi connectivity index (χ1n) is 5.70. The number of rotatable bonds is 9. The Bertz CT molecular complexity index is 181. The quantitative estimate of drug-likeness (QED) is 0.474. The predicted octanol–water partition coefficient (Wildman–Crippen LogP) is 0.927. The van der Waals surface area contributed by atoms with Gasteiger partial charge in [-0.1, -0.05) is 0 Å². The number of carbonyl (C=O) groups excluding carboxylic acids is 1. The highest BCUT2D eigenvalue weighted by molar-refractivity contribution is 5.74. The van der Waals surface area contributed by atoms with E-state index in [1.807, 2.05) is 13.8 Å². The van der Waals surface area contributed by atoms with Gasteiger partial charge in [-0.05, 0) is 20.8 Å². The minimum absolute atomic E-state index is 0.202. The summed E-state index contributed by atoms with van der Waals surface area (Å²) in [5.74, 6) is -0.260. The summed E-state index contributed by atoms with van der Waals surface area (Å²) in [7, 11) is 1.38. The number of hydrogen-bond acceptors (Lipinski definition) is 5. The van der Waals surface area contributed by atoms with Crippen LogP contribution in [0.5, 0.6) is 0 Å². The van der Waals surface area contributed by atoms with Crippen molar-refractivity contribution in [1.29, 1.82) is 0 Å². The number of methoxy groups -OCH3 is 1. The lowest BCUT2D eigenvalue weighted by atomic mass is 10.3. The van der Waals surface area contributed by atoms with Crippen LogP contribution in [0.1, 0.15) is 27.2 Å². The first-order valence-corrected chi connectivity index (χ1v) is 5.70. The molecule has 0 aliphatic heterocycles. The zero-order valence-corrected chi connectivity index (χ0v) is 10.6. The molecule has 0 radical (unpaired) electrons. The SMILES string of the molecule is CCOC(CCNC(C)C(=O)OC)OCC. The van der Waals surface area contributed by atoms with Gasteiger partial charge < -0.3 is 19.5 Å². The van der Waals surface area contributed by atoms with E-state index in [2.05, 4.69) is 10.1 Å². The highest BCUT2D eigenvalue weighted by Gasteiger charge is 2.13. The van der Waals surface area contributed by atoms with E-state index in [-0.39, 0.29) is 18.3 Å². The predicted molar refractivity (Wildman–Crippen MR) is 61.1 cm³/mol. The molecule has 0 bridgehead atoms. The van der Waals surface area contributed by atoms with Gasteiger partial charge in [0.15, 0.2) is 6.29 Å². The molecule has 5 heteroatoms. The average molecular weight is 233 g/mol. The van der Waals surface area contributed by atoms with Crippen LogP contribution < -0.4 is 5.32 Å². The monoisotopic (exact) mass is 233 g/mol. The number of ether oxygens (including phenoxy) is 3. The van der Waals surface area contributed by atoms with Gasteiger partial charge in [0, 0.05) is 26.2 Å². The highest BCUT2D eigenvalue weighted by atomic mass is 16.7. The van der Waals surface area contributed by atoms with E-state index in [0.717, 1.165) is 0 Å². The van der Waals surface area contributed by atoms with Crippen LogP contribution in [0.2, 0.25) is 0 Å². The van der Waals surface area contributed by atoms with Crippen molar-refractivity contribution < 1.29 is 19.0 Å². The summed E-state index contributed by atoms with van der Waals surface area (Å²) in [5.41, 5.74) is 0. The Labute approximate surface area is 97.4 Å². The number of hydrogen-bond donors (Lipinski definition) is 1. The first-order chi connectivity index (χ1) is 7.65. The summed E-state index contributed by atoms with van der Waals surface area (Å²) in [5, 5.41) is 3.05. The molecule has 1 unspecified atom stereocenters. The third-order valence-corrected chi connectivity index (χ3v) is 2.09. The zero-order valence-electron chi connectivity index (χ0n) is 10.6. The van der Waals surface area contributed by atoms with Crippen LogP contribution in [0, 0.1) is 0 Å². The smallest absolute Gasteiger partial charge is 0.322 e. The lowest BCUT2D eigenvalue weighted by Gasteiger charge is -2.18. The molecular formula is C11H23NO4. The van der Waals surface area contributed by atoms with Gasteiger partial charge in [-0.25, -0.2) is 0 Å². The number of esters is 1. The van der Waals surface area contributed by atoms with Gasteiger partial charge in [-0.2, -0.15) is 0 Å². The summed E-state index contributed by atoms with van der Waals surface area (Å²) >= 11 is 0. The molecule has 16 heavy (non-hydrogen) atoms. The van der Waals surface area contributed by atoms with E-state index in [4.69, 9.17) is 9.47 Å². The second-order valence-electron chi connectivity index (χ2n) is 3.33. The van der Waals surface area contributed by atoms with Gasteiger partial charge in [0.25, 0.3) is 0 Å².